The molecular weight excluding hydrogens is 249 g/mol. The maximum atomic E-state index is 11.0. The summed E-state index contributed by atoms with van der Waals surface area (Å²) in [5.41, 5.74) is 0. The molecule has 0 aromatic rings. The van der Waals surface area contributed by atoms with Gasteiger partial charge in [0.1, 0.15) is 12.5 Å². The van der Waals surface area contributed by atoms with Gasteiger partial charge in [0.2, 0.25) is 5.91 Å². The van der Waals surface area contributed by atoms with E-state index in [1.165, 1.54) is 0 Å². The summed E-state index contributed by atoms with van der Waals surface area (Å²) in [6.07, 6.45) is -0.423. The van der Waals surface area contributed by atoms with Crippen LogP contribution in [0, 0.1) is 11.3 Å². The second-order valence-corrected chi connectivity index (χ2v) is 4.08. The average molecular weight is 255 g/mol. The zero-order valence-electron chi connectivity index (χ0n) is 8.34. The Kier molecular flexibility index (Phi) is 5.37. The van der Waals surface area contributed by atoms with E-state index in [0.29, 0.717) is 0 Å². The largest absolute Gasteiger partial charge is 1.00 e. The Balaban J connectivity index is 0.00000225. The normalized spacial score (nSPS) is 19.1. The molecular formula is C6H6N3NaO5S. The van der Waals surface area contributed by atoms with Gasteiger partial charge in [-0.3, -0.25) is 9.59 Å². The van der Waals surface area contributed by atoms with Crippen LogP contribution in [0.2, 0.25) is 0 Å². The van der Waals surface area contributed by atoms with Gasteiger partial charge in [-0.2, -0.15) is 5.26 Å². The van der Waals surface area contributed by atoms with Gasteiger partial charge in [0, 0.05) is 0 Å². The van der Waals surface area contributed by atoms with Crippen LogP contribution in [-0.2, 0) is 19.9 Å². The first-order chi connectivity index (χ1) is 6.86. The van der Waals surface area contributed by atoms with Gasteiger partial charge in [-0.25, -0.2) is 12.7 Å². The Morgan fingerprint density at radius 2 is 2.25 bits per heavy atom. The molecule has 0 aliphatic carbocycles. The molecule has 1 atom stereocenters. The van der Waals surface area contributed by atoms with Crippen LogP contribution < -0.4 is 34.9 Å². The summed E-state index contributed by atoms with van der Waals surface area (Å²) in [7, 11) is -4.78. The third-order valence-electron chi connectivity index (χ3n) is 1.74. The number of carbonyl (C=O) groups excluding carboxylic acids is 2. The molecule has 1 unspecified atom stereocenters. The molecule has 0 aromatic carbocycles. The van der Waals surface area contributed by atoms with Crippen LogP contribution in [0.4, 0.5) is 0 Å². The van der Waals surface area contributed by atoms with Crippen LogP contribution in [0.5, 0.6) is 0 Å². The number of β-lactam (4-membered cyclic amide) rings is 1. The summed E-state index contributed by atoms with van der Waals surface area (Å²) in [5, 5.41) is 10.2. The SMILES string of the molecule is N#CCC(=O)NC1CN(S(=O)(=O)[O-])C1=O.[Na+]. The summed E-state index contributed by atoms with van der Waals surface area (Å²) in [4.78, 5) is 21.8. The number of hydrogen-bond acceptors (Lipinski definition) is 6. The molecule has 1 fully saturated rings. The van der Waals surface area contributed by atoms with Crippen LogP contribution in [-0.4, -0.2) is 41.7 Å². The minimum absolute atomic E-state index is 0. The maximum absolute atomic E-state index is 11.0. The van der Waals surface area contributed by atoms with Crippen molar-refractivity contribution in [2.75, 3.05) is 6.54 Å². The molecule has 0 spiro atoms. The van der Waals surface area contributed by atoms with E-state index >= 15 is 0 Å². The third-order valence-corrected chi connectivity index (χ3v) is 2.61. The summed E-state index contributed by atoms with van der Waals surface area (Å²) in [5.74, 6) is -1.66. The van der Waals surface area contributed by atoms with E-state index in [4.69, 9.17) is 5.26 Å². The summed E-state index contributed by atoms with van der Waals surface area (Å²) >= 11 is 0. The van der Waals surface area contributed by atoms with E-state index in [-0.39, 0.29) is 40.4 Å². The molecule has 82 valence electrons. The Labute approximate surface area is 114 Å². The van der Waals surface area contributed by atoms with E-state index in [1.54, 1.807) is 6.07 Å². The van der Waals surface area contributed by atoms with Gasteiger partial charge >= 0.3 is 29.6 Å². The zero-order valence-corrected chi connectivity index (χ0v) is 11.2. The predicted octanol–water partition coefficient (Wildman–Crippen LogP) is -5.31. The van der Waals surface area contributed by atoms with Gasteiger partial charge in [0.15, 0.2) is 10.3 Å². The average Bonchev–Trinajstić information content (AvgIpc) is 2.09. The molecule has 1 N–H and O–H groups in total. The van der Waals surface area contributed by atoms with Gasteiger partial charge < -0.3 is 9.87 Å². The molecule has 0 radical (unpaired) electrons. The molecule has 0 bridgehead atoms. The minimum atomic E-state index is -4.78. The fourth-order valence-electron chi connectivity index (χ4n) is 1.02. The van der Waals surface area contributed by atoms with Crippen molar-refractivity contribution in [3.05, 3.63) is 0 Å². The van der Waals surface area contributed by atoms with Crippen molar-refractivity contribution in [2.45, 2.75) is 12.5 Å². The van der Waals surface area contributed by atoms with Crippen molar-refractivity contribution in [2.24, 2.45) is 0 Å². The Morgan fingerprint density at radius 1 is 1.69 bits per heavy atom. The van der Waals surface area contributed by atoms with Crippen molar-refractivity contribution in [3.63, 3.8) is 0 Å². The number of carbonyl (C=O) groups is 2. The van der Waals surface area contributed by atoms with Crippen molar-refractivity contribution < 1.29 is 52.1 Å². The van der Waals surface area contributed by atoms with E-state index in [1.807, 2.05) is 0 Å². The van der Waals surface area contributed by atoms with Gasteiger partial charge in [0.25, 0.3) is 5.91 Å². The van der Waals surface area contributed by atoms with E-state index in [2.05, 4.69) is 5.32 Å². The van der Waals surface area contributed by atoms with Crippen LogP contribution in [0.15, 0.2) is 0 Å². The second kappa shape index (κ2) is 5.60. The first-order valence-electron chi connectivity index (χ1n) is 3.80. The smallest absolute Gasteiger partial charge is 0.731 e. The van der Waals surface area contributed by atoms with Gasteiger partial charge in [-0.1, -0.05) is 0 Å². The first kappa shape index (κ1) is 15.3. The standard InChI is InChI=1S/C6H7N3O5S.Na/c7-2-1-5(10)8-4-3-9(6(4)11)15(12,13)14;/h4H,1,3H2,(H,8,10)(H,12,13,14);/q;+1/p-1. The Hall–Kier alpha value is -0.660. The number of nitriles is 1. The quantitative estimate of drug-likeness (QED) is 0.304. The molecule has 1 heterocycles. The minimum Gasteiger partial charge on any atom is -0.731 e. The molecule has 1 aliphatic rings. The molecule has 16 heavy (non-hydrogen) atoms. The molecule has 10 heteroatoms. The molecule has 2 amide bonds. The number of nitrogens with zero attached hydrogens (tertiary/aromatic N) is 2. The fraction of sp³-hybridized carbons (Fsp3) is 0.500. The van der Waals surface area contributed by atoms with E-state index < -0.39 is 34.6 Å². The van der Waals surface area contributed by atoms with Crippen molar-refractivity contribution in [1.82, 2.24) is 9.62 Å². The monoisotopic (exact) mass is 255 g/mol. The van der Waals surface area contributed by atoms with Crippen LogP contribution in [0.3, 0.4) is 0 Å². The maximum Gasteiger partial charge on any atom is 1.00 e. The van der Waals surface area contributed by atoms with Gasteiger partial charge in [-0.05, 0) is 0 Å². The number of rotatable bonds is 3. The number of hydrogen-bond donors (Lipinski definition) is 1. The summed E-state index contributed by atoms with van der Waals surface area (Å²) in [6, 6.07) is 0.541. The number of nitrogens with one attached hydrogen (secondary N) is 1. The molecule has 1 saturated heterocycles. The Morgan fingerprint density at radius 3 is 2.62 bits per heavy atom. The number of amides is 2. The Bertz CT molecular complexity index is 442. The third kappa shape index (κ3) is 3.43. The van der Waals surface area contributed by atoms with Crippen molar-refractivity contribution >= 4 is 22.1 Å². The molecule has 1 aliphatic heterocycles. The summed E-state index contributed by atoms with van der Waals surface area (Å²) < 4.78 is 31.2. The molecule has 1 rings (SSSR count). The molecule has 0 saturated carbocycles. The second-order valence-electron chi connectivity index (χ2n) is 2.78. The van der Waals surface area contributed by atoms with Crippen LogP contribution >= 0.6 is 0 Å². The summed E-state index contributed by atoms with van der Waals surface area (Å²) in [6.45, 7) is -0.373. The fourth-order valence-corrected chi connectivity index (χ4v) is 1.70. The predicted molar refractivity (Wildman–Crippen MR) is 43.6 cm³/mol. The van der Waals surface area contributed by atoms with Gasteiger partial charge in [0.05, 0.1) is 12.6 Å². The van der Waals surface area contributed by atoms with E-state index in [9.17, 15) is 22.6 Å². The first-order valence-corrected chi connectivity index (χ1v) is 5.16. The molecule has 8 nitrogen and oxygen atoms in total. The van der Waals surface area contributed by atoms with Crippen molar-refractivity contribution in [3.8, 4) is 6.07 Å². The topological polar surface area (TPSA) is 130 Å². The van der Waals surface area contributed by atoms with Crippen molar-refractivity contribution in [1.29, 1.82) is 5.26 Å². The molecule has 0 aromatic heterocycles. The zero-order chi connectivity index (χ0) is 11.6. The van der Waals surface area contributed by atoms with Crippen LogP contribution in [0.1, 0.15) is 6.42 Å². The van der Waals surface area contributed by atoms with Crippen LogP contribution in [0.25, 0.3) is 0 Å². The van der Waals surface area contributed by atoms with E-state index in [0.717, 1.165) is 0 Å². The van der Waals surface area contributed by atoms with Gasteiger partial charge in [-0.15, -0.1) is 0 Å².